The lowest BCUT2D eigenvalue weighted by Crippen LogP contribution is -2.40. The molecule has 3 fully saturated rings. The van der Waals surface area contributed by atoms with E-state index in [-0.39, 0.29) is 0 Å². The first-order valence-corrected chi connectivity index (χ1v) is 10.5. The van der Waals surface area contributed by atoms with Gasteiger partial charge in [-0.05, 0) is 44.4 Å². The maximum absolute atomic E-state index is 12.6. The molecule has 2 saturated carbocycles. The van der Waals surface area contributed by atoms with Gasteiger partial charge in [-0.25, -0.2) is 4.68 Å². The van der Waals surface area contributed by atoms with Gasteiger partial charge in [0.25, 0.3) is 0 Å². The second kappa shape index (κ2) is 7.46. The van der Waals surface area contributed by atoms with E-state index in [0.717, 1.165) is 32.4 Å². The highest BCUT2D eigenvalue weighted by molar-refractivity contribution is 5.81. The number of carbonyl (C=O) groups is 1. The molecule has 5 heteroatoms. The van der Waals surface area contributed by atoms with Crippen molar-refractivity contribution in [1.82, 2.24) is 19.9 Å². The van der Waals surface area contributed by atoms with Crippen LogP contribution in [0.15, 0.2) is 6.20 Å². The Hall–Kier alpha value is -1.39. The van der Waals surface area contributed by atoms with Crippen LogP contribution in [0.4, 0.5) is 0 Å². The number of rotatable bonds is 6. The summed E-state index contributed by atoms with van der Waals surface area (Å²) in [5.41, 5.74) is 1.19. The minimum atomic E-state index is 0.337. The highest BCUT2D eigenvalue weighted by atomic mass is 16.2. The van der Waals surface area contributed by atoms with Gasteiger partial charge < -0.3 is 4.90 Å². The molecule has 0 aromatic carbocycles. The molecule has 3 aliphatic rings. The van der Waals surface area contributed by atoms with Crippen molar-refractivity contribution in [2.75, 3.05) is 13.1 Å². The summed E-state index contributed by atoms with van der Waals surface area (Å²) in [4.78, 5) is 14.8. The zero-order valence-electron chi connectivity index (χ0n) is 15.6. The normalized spacial score (nSPS) is 27.8. The van der Waals surface area contributed by atoms with E-state index in [0.29, 0.717) is 29.7 Å². The molecule has 1 aromatic heterocycles. The van der Waals surface area contributed by atoms with Crippen molar-refractivity contribution in [2.24, 2.45) is 11.8 Å². The second-order valence-electron chi connectivity index (χ2n) is 8.41. The third-order valence-electron chi connectivity index (χ3n) is 6.62. The van der Waals surface area contributed by atoms with Crippen LogP contribution in [0.1, 0.15) is 88.8 Å². The van der Waals surface area contributed by atoms with Gasteiger partial charge in [-0.2, -0.15) is 0 Å². The quantitative estimate of drug-likeness (QED) is 0.786. The van der Waals surface area contributed by atoms with E-state index in [2.05, 4.69) is 33.0 Å². The molecule has 0 N–H and O–H groups in total. The predicted molar refractivity (Wildman–Crippen MR) is 97.2 cm³/mol. The van der Waals surface area contributed by atoms with Gasteiger partial charge in [0.05, 0.1) is 11.7 Å². The molecule has 2 atom stereocenters. The van der Waals surface area contributed by atoms with Crippen molar-refractivity contribution in [2.45, 2.75) is 83.1 Å². The van der Waals surface area contributed by atoms with Gasteiger partial charge in [0.15, 0.2) is 0 Å². The predicted octanol–water partition coefficient (Wildman–Crippen LogP) is 3.93. The molecule has 1 saturated heterocycles. The van der Waals surface area contributed by atoms with Crippen molar-refractivity contribution in [3.05, 3.63) is 11.9 Å². The smallest absolute Gasteiger partial charge is 0.225 e. The highest BCUT2D eigenvalue weighted by Crippen LogP contribution is 2.44. The maximum atomic E-state index is 12.6. The number of hydrogen-bond acceptors (Lipinski definition) is 3. The standard InChI is InChI=1S/C20H32N4O/c1-2-3-6-16-13-18(16)20(25)23-11-9-17(10-12-23)24-14-19(21-22-24)15-7-4-5-8-15/h14-18H,2-13H2,1H3. The van der Waals surface area contributed by atoms with E-state index in [9.17, 15) is 4.79 Å². The molecule has 0 bridgehead atoms. The summed E-state index contributed by atoms with van der Waals surface area (Å²) in [5, 5.41) is 8.85. The number of nitrogens with zero attached hydrogens (tertiary/aromatic N) is 4. The van der Waals surface area contributed by atoms with Crippen molar-refractivity contribution >= 4 is 5.91 Å². The minimum absolute atomic E-state index is 0.337. The summed E-state index contributed by atoms with van der Waals surface area (Å²) in [6, 6.07) is 0.418. The van der Waals surface area contributed by atoms with Crippen LogP contribution < -0.4 is 0 Å². The fourth-order valence-electron chi connectivity index (χ4n) is 4.80. The zero-order chi connectivity index (χ0) is 17.2. The van der Waals surface area contributed by atoms with Crippen LogP contribution in [0.25, 0.3) is 0 Å². The van der Waals surface area contributed by atoms with Crippen LogP contribution in [0.5, 0.6) is 0 Å². The topological polar surface area (TPSA) is 51.0 Å². The van der Waals surface area contributed by atoms with Crippen molar-refractivity contribution in [3.8, 4) is 0 Å². The Morgan fingerprint density at radius 1 is 1.20 bits per heavy atom. The number of unbranched alkanes of at least 4 members (excludes halogenated alkanes) is 1. The largest absolute Gasteiger partial charge is 0.342 e. The lowest BCUT2D eigenvalue weighted by molar-refractivity contribution is -0.134. The van der Waals surface area contributed by atoms with Gasteiger partial charge in [-0.1, -0.05) is 37.8 Å². The monoisotopic (exact) mass is 344 g/mol. The highest BCUT2D eigenvalue weighted by Gasteiger charge is 2.44. The first-order chi connectivity index (χ1) is 12.3. The van der Waals surface area contributed by atoms with E-state index in [1.807, 2.05) is 0 Å². The first kappa shape index (κ1) is 17.0. The summed E-state index contributed by atoms with van der Waals surface area (Å²) in [7, 11) is 0. The Morgan fingerprint density at radius 3 is 2.68 bits per heavy atom. The number of hydrogen-bond donors (Lipinski definition) is 0. The van der Waals surface area contributed by atoms with Crippen molar-refractivity contribution in [3.63, 3.8) is 0 Å². The van der Waals surface area contributed by atoms with E-state index < -0.39 is 0 Å². The summed E-state index contributed by atoms with van der Waals surface area (Å²) in [6.45, 7) is 4.00. The van der Waals surface area contributed by atoms with Crippen molar-refractivity contribution < 1.29 is 4.79 Å². The molecule has 2 aliphatic carbocycles. The van der Waals surface area contributed by atoms with Crippen LogP contribution in [0, 0.1) is 11.8 Å². The summed E-state index contributed by atoms with van der Waals surface area (Å²) in [6.07, 6.45) is 14.3. The third-order valence-corrected chi connectivity index (χ3v) is 6.62. The van der Waals surface area contributed by atoms with Crippen LogP contribution >= 0.6 is 0 Å². The number of aromatic nitrogens is 3. The number of carbonyl (C=O) groups excluding carboxylic acids is 1. The molecule has 1 amide bonds. The van der Waals surface area contributed by atoms with Gasteiger partial charge >= 0.3 is 0 Å². The van der Waals surface area contributed by atoms with Gasteiger partial charge in [-0.15, -0.1) is 5.10 Å². The molecule has 2 unspecified atom stereocenters. The molecule has 25 heavy (non-hydrogen) atoms. The Morgan fingerprint density at radius 2 is 1.96 bits per heavy atom. The number of likely N-dealkylation sites (tertiary alicyclic amines) is 1. The Balaban J connectivity index is 1.26. The van der Waals surface area contributed by atoms with Crippen LogP contribution in [-0.2, 0) is 4.79 Å². The van der Waals surface area contributed by atoms with E-state index >= 15 is 0 Å². The lowest BCUT2D eigenvalue weighted by Gasteiger charge is -2.32. The number of amides is 1. The van der Waals surface area contributed by atoms with Crippen LogP contribution in [0.2, 0.25) is 0 Å². The molecule has 0 radical (unpaired) electrons. The summed E-state index contributed by atoms with van der Waals surface area (Å²) >= 11 is 0. The van der Waals surface area contributed by atoms with E-state index in [1.165, 1.54) is 50.6 Å². The molecule has 1 aromatic rings. The van der Waals surface area contributed by atoms with Gasteiger partial charge in [0, 0.05) is 31.1 Å². The fourth-order valence-corrected chi connectivity index (χ4v) is 4.80. The maximum Gasteiger partial charge on any atom is 0.225 e. The molecule has 1 aliphatic heterocycles. The van der Waals surface area contributed by atoms with Crippen LogP contribution in [0.3, 0.4) is 0 Å². The minimum Gasteiger partial charge on any atom is -0.342 e. The second-order valence-corrected chi connectivity index (χ2v) is 8.41. The van der Waals surface area contributed by atoms with Gasteiger partial charge in [0.1, 0.15) is 0 Å². The molecule has 5 nitrogen and oxygen atoms in total. The Bertz CT molecular complexity index is 584. The molecule has 0 spiro atoms. The molecule has 4 rings (SSSR count). The van der Waals surface area contributed by atoms with Gasteiger partial charge in [0.2, 0.25) is 5.91 Å². The molecule has 138 valence electrons. The van der Waals surface area contributed by atoms with E-state index in [4.69, 9.17) is 0 Å². The lowest BCUT2D eigenvalue weighted by atomic mass is 10.0. The summed E-state index contributed by atoms with van der Waals surface area (Å²) < 4.78 is 2.08. The average Bonchev–Trinajstić information content (AvgIpc) is 3.05. The van der Waals surface area contributed by atoms with E-state index in [1.54, 1.807) is 0 Å². The third kappa shape index (κ3) is 3.75. The van der Waals surface area contributed by atoms with Crippen LogP contribution in [-0.4, -0.2) is 38.9 Å². The average molecular weight is 345 g/mol. The molecular weight excluding hydrogens is 312 g/mol. The summed E-state index contributed by atoms with van der Waals surface area (Å²) in [5.74, 6) is 2.06. The molecule has 2 heterocycles. The number of piperidine rings is 1. The van der Waals surface area contributed by atoms with Crippen molar-refractivity contribution in [1.29, 1.82) is 0 Å². The van der Waals surface area contributed by atoms with Gasteiger partial charge in [-0.3, -0.25) is 4.79 Å². The fraction of sp³-hybridized carbons (Fsp3) is 0.850. The molecular formula is C20H32N4O. The zero-order valence-corrected chi connectivity index (χ0v) is 15.6. The first-order valence-electron chi connectivity index (χ1n) is 10.5. The SMILES string of the molecule is CCCCC1CC1C(=O)N1CCC(n2cc(C3CCCC3)nn2)CC1. The Labute approximate surface area is 151 Å². The Kier molecular flexibility index (Phi) is 5.09.